The summed E-state index contributed by atoms with van der Waals surface area (Å²) in [6.07, 6.45) is 4.51. The van der Waals surface area contributed by atoms with Crippen LogP contribution >= 0.6 is 11.3 Å². The van der Waals surface area contributed by atoms with Crippen molar-refractivity contribution in [1.82, 2.24) is 4.90 Å². The lowest BCUT2D eigenvalue weighted by molar-refractivity contribution is -0.152. The molecule has 2 aliphatic rings. The number of carbonyl (C=O) groups is 2. The summed E-state index contributed by atoms with van der Waals surface area (Å²) in [7, 11) is 0. The van der Waals surface area contributed by atoms with Crippen LogP contribution in [-0.2, 0) is 4.79 Å². The zero-order valence-electron chi connectivity index (χ0n) is 12.3. The van der Waals surface area contributed by atoms with Gasteiger partial charge in [0.15, 0.2) is 0 Å². The van der Waals surface area contributed by atoms with E-state index in [4.69, 9.17) is 0 Å². The fourth-order valence-electron chi connectivity index (χ4n) is 3.35. The number of piperidine rings is 1. The molecule has 4 nitrogen and oxygen atoms in total. The van der Waals surface area contributed by atoms with Crippen LogP contribution in [0.2, 0.25) is 0 Å². The number of aryl methyl sites for hydroxylation is 1. The molecule has 1 saturated heterocycles. The minimum atomic E-state index is -0.728. The third-order valence-electron chi connectivity index (χ3n) is 4.67. The van der Waals surface area contributed by atoms with E-state index in [9.17, 15) is 14.7 Å². The summed E-state index contributed by atoms with van der Waals surface area (Å²) < 4.78 is 0. The van der Waals surface area contributed by atoms with Crippen molar-refractivity contribution in [2.24, 2.45) is 11.3 Å². The molecule has 0 bridgehead atoms. The summed E-state index contributed by atoms with van der Waals surface area (Å²) in [6.45, 7) is 3.02. The van der Waals surface area contributed by atoms with E-state index in [1.165, 1.54) is 0 Å². The maximum atomic E-state index is 12.6. The van der Waals surface area contributed by atoms with E-state index in [1.807, 2.05) is 18.4 Å². The van der Waals surface area contributed by atoms with E-state index >= 15 is 0 Å². The number of aliphatic carboxylic acids is 1. The highest BCUT2D eigenvalue weighted by Crippen LogP contribution is 2.45. The second kappa shape index (κ2) is 5.44. The van der Waals surface area contributed by atoms with Crippen molar-refractivity contribution in [3.8, 4) is 0 Å². The maximum absolute atomic E-state index is 12.6. The van der Waals surface area contributed by atoms with Crippen LogP contribution in [0.5, 0.6) is 0 Å². The second-order valence-corrected chi connectivity index (χ2v) is 7.62. The van der Waals surface area contributed by atoms with Crippen molar-refractivity contribution in [3.05, 3.63) is 21.9 Å². The predicted molar refractivity (Wildman–Crippen MR) is 81.6 cm³/mol. The average molecular weight is 307 g/mol. The van der Waals surface area contributed by atoms with E-state index in [-0.39, 0.29) is 5.91 Å². The Bertz CT molecular complexity index is 564. The first-order chi connectivity index (χ1) is 10.00. The molecule has 1 aromatic rings. The van der Waals surface area contributed by atoms with Gasteiger partial charge in [-0.1, -0.05) is 12.8 Å². The third-order valence-corrected chi connectivity index (χ3v) is 5.53. The van der Waals surface area contributed by atoms with Gasteiger partial charge in [0.05, 0.1) is 11.0 Å². The van der Waals surface area contributed by atoms with Gasteiger partial charge in [-0.05, 0) is 38.2 Å². The number of rotatable bonds is 4. The molecule has 1 aromatic heterocycles. The van der Waals surface area contributed by atoms with Gasteiger partial charge in [-0.25, -0.2) is 0 Å². The summed E-state index contributed by atoms with van der Waals surface area (Å²) in [5, 5.41) is 11.6. The summed E-state index contributed by atoms with van der Waals surface area (Å²) in [6, 6.07) is 1.89. The second-order valence-electron chi connectivity index (χ2n) is 6.51. The Morgan fingerprint density at radius 3 is 2.81 bits per heavy atom. The number of carbonyl (C=O) groups excluding carboxylic acids is 1. The predicted octanol–water partition coefficient (Wildman–Crippen LogP) is 3.16. The lowest BCUT2D eigenvalue weighted by Gasteiger charge is -2.40. The smallest absolute Gasteiger partial charge is 0.311 e. The van der Waals surface area contributed by atoms with Gasteiger partial charge in [0, 0.05) is 23.3 Å². The van der Waals surface area contributed by atoms with Crippen LogP contribution < -0.4 is 0 Å². The first-order valence-corrected chi connectivity index (χ1v) is 8.46. The minimum Gasteiger partial charge on any atom is -0.481 e. The van der Waals surface area contributed by atoms with E-state index in [0.717, 1.165) is 30.6 Å². The summed E-state index contributed by atoms with van der Waals surface area (Å²) in [4.78, 5) is 27.2. The number of carboxylic acid groups (broad SMARTS) is 1. The molecule has 0 spiro atoms. The molecule has 3 rings (SSSR count). The van der Waals surface area contributed by atoms with Crippen molar-refractivity contribution in [3.63, 3.8) is 0 Å². The molecule has 0 radical (unpaired) electrons. The SMILES string of the molecule is Cc1cc(C(=O)N2CCC[C@@](CC3CC3)(C(=O)O)C2)cs1. The average Bonchev–Trinajstić information content (AvgIpc) is 3.16. The first-order valence-electron chi connectivity index (χ1n) is 7.58. The van der Waals surface area contributed by atoms with Crippen LogP contribution in [-0.4, -0.2) is 35.0 Å². The zero-order valence-corrected chi connectivity index (χ0v) is 13.1. The highest BCUT2D eigenvalue weighted by molar-refractivity contribution is 7.10. The largest absolute Gasteiger partial charge is 0.481 e. The minimum absolute atomic E-state index is 0.0135. The lowest BCUT2D eigenvalue weighted by atomic mass is 9.75. The lowest BCUT2D eigenvalue weighted by Crippen LogP contribution is -2.50. The number of amides is 1. The maximum Gasteiger partial charge on any atom is 0.311 e. The highest BCUT2D eigenvalue weighted by atomic mass is 32.1. The molecule has 1 aliphatic carbocycles. The molecule has 2 fully saturated rings. The number of hydrogen-bond acceptors (Lipinski definition) is 3. The quantitative estimate of drug-likeness (QED) is 0.929. The van der Waals surface area contributed by atoms with Crippen molar-refractivity contribution >= 4 is 23.2 Å². The van der Waals surface area contributed by atoms with E-state index < -0.39 is 11.4 Å². The van der Waals surface area contributed by atoms with Gasteiger partial charge in [-0.3, -0.25) is 9.59 Å². The van der Waals surface area contributed by atoms with E-state index in [0.29, 0.717) is 31.0 Å². The van der Waals surface area contributed by atoms with Crippen LogP contribution in [0.15, 0.2) is 11.4 Å². The van der Waals surface area contributed by atoms with Gasteiger partial charge in [0.25, 0.3) is 5.91 Å². The highest BCUT2D eigenvalue weighted by Gasteiger charge is 2.46. The van der Waals surface area contributed by atoms with Crippen LogP contribution in [0.4, 0.5) is 0 Å². The number of nitrogens with zero attached hydrogens (tertiary/aromatic N) is 1. The molecule has 1 aliphatic heterocycles. The molecule has 0 unspecified atom stereocenters. The van der Waals surface area contributed by atoms with E-state index in [2.05, 4.69) is 0 Å². The standard InChI is InChI=1S/C16H21NO3S/c1-11-7-13(9-21-11)14(18)17-6-2-5-16(10-17,15(19)20)8-12-3-4-12/h7,9,12H,2-6,8,10H2,1H3,(H,19,20)/t16-/m0/s1. The van der Waals surface area contributed by atoms with Crippen molar-refractivity contribution in [2.75, 3.05) is 13.1 Å². The van der Waals surface area contributed by atoms with Gasteiger partial charge >= 0.3 is 5.97 Å². The van der Waals surface area contributed by atoms with Crippen molar-refractivity contribution in [2.45, 2.75) is 39.0 Å². The summed E-state index contributed by atoms with van der Waals surface area (Å²) in [5.41, 5.74) is -0.0229. The van der Waals surface area contributed by atoms with E-state index in [1.54, 1.807) is 16.2 Å². The Labute approximate surface area is 128 Å². The molecule has 2 heterocycles. The van der Waals surface area contributed by atoms with Crippen LogP contribution in [0.1, 0.15) is 47.3 Å². The summed E-state index contributed by atoms with van der Waals surface area (Å²) in [5.74, 6) is -0.187. The Morgan fingerprint density at radius 2 is 2.24 bits per heavy atom. The third kappa shape index (κ3) is 2.98. The number of carboxylic acids is 1. The Morgan fingerprint density at radius 1 is 1.48 bits per heavy atom. The molecule has 1 amide bonds. The van der Waals surface area contributed by atoms with Crippen LogP contribution in [0.3, 0.4) is 0 Å². The molecular formula is C16H21NO3S. The van der Waals surface area contributed by atoms with Gasteiger partial charge < -0.3 is 10.0 Å². The van der Waals surface area contributed by atoms with Gasteiger partial charge in [0.1, 0.15) is 0 Å². The van der Waals surface area contributed by atoms with Gasteiger partial charge in [0.2, 0.25) is 0 Å². The monoisotopic (exact) mass is 307 g/mol. The number of likely N-dealkylation sites (tertiary alicyclic amines) is 1. The summed E-state index contributed by atoms with van der Waals surface area (Å²) >= 11 is 1.56. The van der Waals surface area contributed by atoms with Crippen molar-refractivity contribution < 1.29 is 14.7 Å². The molecule has 21 heavy (non-hydrogen) atoms. The normalized spacial score (nSPS) is 25.9. The van der Waals surface area contributed by atoms with Crippen LogP contribution in [0.25, 0.3) is 0 Å². The van der Waals surface area contributed by atoms with Gasteiger partial charge in [-0.2, -0.15) is 0 Å². The van der Waals surface area contributed by atoms with Crippen molar-refractivity contribution in [1.29, 1.82) is 0 Å². The molecular weight excluding hydrogens is 286 g/mol. The molecule has 1 atom stereocenters. The fraction of sp³-hybridized carbons (Fsp3) is 0.625. The Kier molecular flexibility index (Phi) is 3.78. The molecule has 1 saturated carbocycles. The number of hydrogen-bond donors (Lipinski definition) is 1. The van der Waals surface area contributed by atoms with Crippen LogP contribution in [0, 0.1) is 18.3 Å². The topological polar surface area (TPSA) is 57.6 Å². The zero-order chi connectivity index (χ0) is 15.0. The van der Waals surface area contributed by atoms with Gasteiger partial charge in [-0.15, -0.1) is 11.3 Å². The molecule has 5 heteroatoms. The Balaban J connectivity index is 1.77. The molecule has 0 aromatic carbocycles. The number of thiophene rings is 1. The Hall–Kier alpha value is -1.36. The molecule has 1 N–H and O–H groups in total. The first kappa shape index (κ1) is 14.6. The fourth-order valence-corrected chi connectivity index (χ4v) is 4.02. The molecule has 114 valence electrons.